The van der Waals surface area contributed by atoms with Crippen LogP contribution in [0.25, 0.3) is 0 Å². The highest BCUT2D eigenvalue weighted by atomic mass is 32.1. The van der Waals surface area contributed by atoms with Crippen molar-refractivity contribution in [1.29, 1.82) is 0 Å². The molecule has 2 nitrogen and oxygen atoms in total. The molecular weight excluding hydrogens is 264 g/mol. The Labute approximate surface area is 127 Å². The molecule has 2 aliphatic rings. The number of thiazole rings is 1. The molecule has 3 heteroatoms. The molecule has 20 heavy (non-hydrogen) atoms. The van der Waals surface area contributed by atoms with Crippen LogP contribution in [0.1, 0.15) is 86.7 Å². The molecule has 0 amide bonds. The lowest BCUT2D eigenvalue weighted by Crippen LogP contribution is -2.15. The van der Waals surface area contributed by atoms with E-state index in [1.807, 2.05) is 11.3 Å². The Morgan fingerprint density at radius 1 is 1.25 bits per heavy atom. The number of hydrogen-bond acceptors (Lipinski definition) is 3. The zero-order chi connectivity index (χ0) is 14.1. The number of hydrogen-bond donors (Lipinski definition) is 1. The van der Waals surface area contributed by atoms with Crippen LogP contribution in [-0.4, -0.2) is 11.0 Å². The first kappa shape index (κ1) is 14.5. The Morgan fingerprint density at radius 2 is 2.05 bits per heavy atom. The molecular formula is C17H28N2S. The van der Waals surface area contributed by atoms with Crippen molar-refractivity contribution >= 4 is 11.3 Å². The smallest absolute Gasteiger partial charge is 0.0962 e. The van der Waals surface area contributed by atoms with E-state index < -0.39 is 0 Å². The quantitative estimate of drug-likeness (QED) is 0.813. The molecule has 1 aromatic rings. The highest BCUT2D eigenvalue weighted by molar-refractivity contribution is 7.11. The number of nitrogens with zero attached hydrogens (tertiary/aromatic N) is 1. The monoisotopic (exact) mass is 292 g/mol. The normalized spacial score (nSPS) is 26.6. The second-order valence-electron chi connectivity index (χ2n) is 6.95. The molecule has 2 saturated carbocycles. The fourth-order valence-electron chi connectivity index (χ4n) is 3.33. The van der Waals surface area contributed by atoms with E-state index in [-0.39, 0.29) is 0 Å². The van der Waals surface area contributed by atoms with E-state index in [2.05, 4.69) is 26.1 Å². The minimum absolute atomic E-state index is 0.555. The van der Waals surface area contributed by atoms with Gasteiger partial charge in [-0.05, 0) is 43.9 Å². The van der Waals surface area contributed by atoms with Crippen molar-refractivity contribution in [2.24, 2.45) is 5.92 Å². The van der Waals surface area contributed by atoms with E-state index >= 15 is 0 Å². The number of rotatable bonds is 6. The molecule has 0 spiro atoms. The third-order valence-electron chi connectivity index (χ3n) is 4.89. The lowest BCUT2D eigenvalue weighted by atomic mass is 10.0. The summed E-state index contributed by atoms with van der Waals surface area (Å²) in [7, 11) is 0. The van der Waals surface area contributed by atoms with Crippen molar-refractivity contribution in [3.63, 3.8) is 0 Å². The number of aromatic nitrogens is 1. The van der Waals surface area contributed by atoms with Crippen LogP contribution in [0, 0.1) is 5.92 Å². The predicted octanol–water partition coefficient (Wildman–Crippen LogP) is 4.81. The molecule has 1 N–H and O–H groups in total. The summed E-state index contributed by atoms with van der Waals surface area (Å²) in [5, 5.41) is 5.09. The summed E-state index contributed by atoms with van der Waals surface area (Å²) in [5.41, 5.74) is 1.36. The van der Waals surface area contributed by atoms with E-state index in [1.54, 1.807) is 0 Å². The van der Waals surface area contributed by atoms with Crippen LogP contribution in [0.4, 0.5) is 0 Å². The van der Waals surface area contributed by atoms with Crippen molar-refractivity contribution in [2.75, 3.05) is 0 Å². The average molecular weight is 292 g/mol. The van der Waals surface area contributed by atoms with Gasteiger partial charge in [0.15, 0.2) is 0 Å². The van der Waals surface area contributed by atoms with Crippen LogP contribution >= 0.6 is 11.3 Å². The fraction of sp³-hybridized carbons (Fsp3) is 0.824. The molecule has 0 saturated heterocycles. The van der Waals surface area contributed by atoms with Gasteiger partial charge in [0, 0.05) is 23.4 Å². The highest BCUT2D eigenvalue weighted by Gasteiger charge is 2.29. The molecule has 0 radical (unpaired) electrons. The molecule has 3 rings (SSSR count). The Hall–Kier alpha value is -0.410. The summed E-state index contributed by atoms with van der Waals surface area (Å²) in [6, 6.07) is 0.788. The summed E-state index contributed by atoms with van der Waals surface area (Å²) < 4.78 is 0. The van der Waals surface area contributed by atoms with Gasteiger partial charge in [-0.1, -0.05) is 27.2 Å². The zero-order valence-electron chi connectivity index (χ0n) is 13.1. The van der Waals surface area contributed by atoms with Crippen molar-refractivity contribution in [1.82, 2.24) is 10.3 Å². The van der Waals surface area contributed by atoms with Gasteiger partial charge >= 0.3 is 0 Å². The van der Waals surface area contributed by atoms with Crippen molar-refractivity contribution in [3.8, 4) is 0 Å². The maximum atomic E-state index is 5.04. The minimum Gasteiger partial charge on any atom is -0.309 e. The SMILES string of the molecule is CCC1CCC(c2nc(C(C)C)c(CNC3CC3)s2)C1. The van der Waals surface area contributed by atoms with Crippen LogP contribution < -0.4 is 5.32 Å². The fourth-order valence-corrected chi connectivity index (χ4v) is 4.65. The molecule has 2 unspecified atom stereocenters. The van der Waals surface area contributed by atoms with Gasteiger partial charge in [0.05, 0.1) is 10.7 Å². The first-order valence-corrected chi connectivity index (χ1v) is 9.21. The molecule has 1 heterocycles. The highest BCUT2D eigenvalue weighted by Crippen LogP contribution is 2.42. The summed E-state index contributed by atoms with van der Waals surface area (Å²) in [4.78, 5) is 6.54. The van der Waals surface area contributed by atoms with E-state index in [1.165, 1.54) is 54.1 Å². The van der Waals surface area contributed by atoms with Crippen LogP contribution in [0.3, 0.4) is 0 Å². The second kappa shape index (κ2) is 6.15. The van der Waals surface area contributed by atoms with E-state index in [0.717, 1.165) is 24.4 Å². The first-order valence-electron chi connectivity index (χ1n) is 8.40. The molecule has 0 aromatic carbocycles. The van der Waals surface area contributed by atoms with Gasteiger partial charge in [-0.3, -0.25) is 0 Å². The maximum Gasteiger partial charge on any atom is 0.0962 e. The topological polar surface area (TPSA) is 24.9 Å². The van der Waals surface area contributed by atoms with E-state index in [4.69, 9.17) is 4.98 Å². The zero-order valence-corrected chi connectivity index (χ0v) is 13.9. The molecule has 2 fully saturated rings. The van der Waals surface area contributed by atoms with Crippen LogP contribution in [0.15, 0.2) is 0 Å². The average Bonchev–Trinajstić information content (AvgIpc) is 2.98. The molecule has 112 valence electrons. The van der Waals surface area contributed by atoms with Crippen LogP contribution in [0.5, 0.6) is 0 Å². The number of nitrogens with one attached hydrogen (secondary N) is 1. The molecule has 2 atom stereocenters. The van der Waals surface area contributed by atoms with Crippen LogP contribution in [0.2, 0.25) is 0 Å². The third kappa shape index (κ3) is 3.25. The first-order chi connectivity index (χ1) is 9.67. The minimum atomic E-state index is 0.555. The van der Waals surface area contributed by atoms with E-state index in [9.17, 15) is 0 Å². The van der Waals surface area contributed by atoms with Gasteiger partial charge in [0.1, 0.15) is 0 Å². The Morgan fingerprint density at radius 3 is 2.65 bits per heavy atom. The van der Waals surface area contributed by atoms with Crippen molar-refractivity contribution in [2.45, 2.75) is 83.7 Å². The summed E-state index contributed by atoms with van der Waals surface area (Å²) in [5.74, 6) is 2.25. The van der Waals surface area contributed by atoms with Crippen molar-refractivity contribution < 1.29 is 0 Å². The maximum absolute atomic E-state index is 5.04. The lowest BCUT2D eigenvalue weighted by Gasteiger charge is -2.06. The van der Waals surface area contributed by atoms with E-state index in [0.29, 0.717) is 5.92 Å². The Kier molecular flexibility index (Phi) is 4.46. The molecule has 1 aromatic heterocycles. The molecule has 0 bridgehead atoms. The van der Waals surface area contributed by atoms with Gasteiger partial charge in [-0.25, -0.2) is 4.98 Å². The van der Waals surface area contributed by atoms with Gasteiger partial charge in [-0.2, -0.15) is 0 Å². The molecule has 2 aliphatic carbocycles. The van der Waals surface area contributed by atoms with Gasteiger partial charge < -0.3 is 5.32 Å². The standard InChI is InChI=1S/C17H28N2S/c1-4-12-5-6-13(9-12)17-19-16(11(2)3)15(20-17)10-18-14-7-8-14/h11-14,18H,4-10H2,1-3H3. The molecule has 0 aliphatic heterocycles. The van der Waals surface area contributed by atoms with Gasteiger partial charge in [0.2, 0.25) is 0 Å². The second-order valence-corrected chi connectivity index (χ2v) is 8.07. The Balaban J connectivity index is 1.72. The van der Waals surface area contributed by atoms with Gasteiger partial charge in [-0.15, -0.1) is 11.3 Å². The Bertz CT molecular complexity index is 448. The van der Waals surface area contributed by atoms with Gasteiger partial charge in [0.25, 0.3) is 0 Å². The van der Waals surface area contributed by atoms with Crippen LogP contribution in [-0.2, 0) is 6.54 Å². The lowest BCUT2D eigenvalue weighted by molar-refractivity contribution is 0.520. The summed E-state index contributed by atoms with van der Waals surface area (Å²) in [6.07, 6.45) is 8.21. The third-order valence-corrected chi connectivity index (χ3v) is 6.12. The summed E-state index contributed by atoms with van der Waals surface area (Å²) >= 11 is 1.99. The largest absolute Gasteiger partial charge is 0.309 e. The van der Waals surface area contributed by atoms with Crippen molar-refractivity contribution in [3.05, 3.63) is 15.6 Å². The summed E-state index contributed by atoms with van der Waals surface area (Å²) in [6.45, 7) is 7.94. The predicted molar refractivity (Wildman–Crippen MR) is 86.4 cm³/mol.